The molecular weight excluding hydrogens is 266 g/mol. The number of carbonyl (C=O) groups excluding carboxylic acids is 1. The Kier molecular flexibility index (Phi) is 3.45. The zero-order chi connectivity index (χ0) is 11.7. The molecule has 2 rings (SSSR count). The second-order valence-electron chi connectivity index (χ2n) is 4.64. The van der Waals surface area contributed by atoms with Gasteiger partial charge in [0.15, 0.2) is 5.78 Å². The summed E-state index contributed by atoms with van der Waals surface area (Å²) in [6, 6.07) is 8.04. The zero-order valence-electron chi connectivity index (χ0n) is 9.61. The van der Waals surface area contributed by atoms with Crippen LogP contribution in [-0.2, 0) is 0 Å². The summed E-state index contributed by atoms with van der Waals surface area (Å²) in [5, 5.41) is 0. The second kappa shape index (κ2) is 4.68. The normalized spacial score (nSPS) is 23.5. The predicted octanol–water partition coefficient (Wildman–Crippen LogP) is 2.68. The maximum absolute atomic E-state index is 11.8. The van der Waals surface area contributed by atoms with Crippen molar-refractivity contribution in [3.05, 3.63) is 35.4 Å². The fourth-order valence-corrected chi connectivity index (χ4v) is 2.51. The number of benzene rings is 1. The van der Waals surface area contributed by atoms with Crippen molar-refractivity contribution in [3.63, 3.8) is 0 Å². The van der Waals surface area contributed by atoms with Crippen LogP contribution < -0.4 is 0 Å². The molecule has 0 radical (unpaired) electrons. The monoisotopic (exact) mass is 281 g/mol. The van der Waals surface area contributed by atoms with E-state index in [0.29, 0.717) is 17.3 Å². The van der Waals surface area contributed by atoms with Crippen LogP contribution in [0.1, 0.15) is 28.3 Å². The van der Waals surface area contributed by atoms with E-state index < -0.39 is 0 Å². The molecule has 0 saturated heterocycles. The first-order valence-corrected chi connectivity index (χ1v) is 6.41. The molecule has 0 bridgehead atoms. The molecule has 1 aromatic rings. The third-order valence-corrected chi connectivity index (χ3v) is 3.85. The number of hydrogen-bond acceptors (Lipinski definition) is 2. The Morgan fingerprint density at radius 3 is 2.38 bits per heavy atom. The average molecular weight is 282 g/mol. The maximum atomic E-state index is 11.8. The molecule has 1 fully saturated rings. The molecule has 2 atom stereocenters. The highest BCUT2D eigenvalue weighted by atomic mass is 79.9. The number of hydrogen-bond donors (Lipinski definition) is 0. The number of Topliss-reactive ketones (excluding diaryl/α,β-unsaturated/α-hetero) is 1. The Morgan fingerprint density at radius 1 is 1.38 bits per heavy atom. The largest absolute Gasteiger partial charge is 0.302 e. The lowest BCUT2D eigenvalue weighted by Gasteiger charge is -2.08. The summed E-state index contributed by atoms with van der Waals surface area (Å²) in [4.78, 5) is 14.3. The van der Waals surface area contributed by atoms with Gasteiger partial charge in [0.05, 0.1) is 6.54 Å². The van der Waals surface area contributed by atoms with Crippen molar-refractivity contribution in [3.8, 4) is 0 Å². The fraction of sp³-hybridized carbons (Fsp3) is 0.462. The van der Waals surface area contributed by atoms with Crippen molar-refractivity contribution in [1.29, 1.82) is 0 Å². The Hall–Kier alpha value is -0.670. The average Bonchev–Trinajstić information content (AvgIpc) is 2.95. The Morgan fingerprint density at radius 2 is 1.94 bits per heavy atom. The molecule has 0 aliphatic heterocycles. The molecule has 0 N–H and O–H groups in total. The van der Waals surface area contributed by atoms with Gasteiger partial charge in [-0.1, -0.05) is 40.2 Å². The summed E-state index contributed by atoms with van der Waals surface area (Å²) < 4.78 is 0. The summed E-state index contributed by atoms with van der Waals surface area (Å²) >= 11 is 3.59. The van der Waals surface area contributed by atoms with E-state index in [0.717, 1.165) is 5.56 Å². The first-order valence-electron chi connectivity index (χ1n) is 5.50. The molecule has 0 heterocycles. The number of rotatable bonds is 4. The lowest BCUT2D eigenvalue weighted by atomic mass is 10.1. The van der Waals surface area contributed by atoms with E-state index in [1.54, 1.807) is 0 Å². The third-order valence-electron chi connectivity index (χ3n) is 2.83. The summed E-state index contributed by atoms with van der Waals surface area (Å²) in [5.41, 5.74) is 2.15. The summed E-state index contributed by atoms with van der Waals surface area (Å²) in [6.07, 6.45) is 1.21. The van der Waals surface area contributed by atoms with Crippen LogP contribution in [0.15, 0.2) is 24.3 Å². The van der Waals surface area contributed by atoms with Gasteiger partial charge in [-0.15, -0.1) is 0 Å². The molecule has 0 spiro atoms. The molecule has 1 aliphatic rings. The van der Waals surface area contributed by atoms with Gasteiger partial charge >= 0.3 is 0 Å². The van der Waals surface area contributed by atoms with Crippen LogP contribution in [-0.4, -0.2) is 36.2 Å². The van der Waals surface area contributed by atoms with Gasteiger partial charge < -0.3 is 4.90 Å². The lowest BCUT2D eigenvalue weighted by molar-refractivity contribution is 0.0958. The molecule has 2 nitrogen and oxygen atoms in total. The van der Waals surface area contributed by atoms with Crippen molar-refractivity contribution in [2.45, 2.75) is 17.2 Å². The molecule has 0 aromatic heterocycles. The van der Waals surface area contributed by atoms with E-state index in [1.807, 2.05) is 31.1 Å². The number of carbonyl (C=O) groups is 1. The Bertz CT molecular complexity index is 385. The third kappa shape index (κ3) is 2.71. The van der Waals surface area contributed by atoms with Gasteiger partial charge in [0.1, 0.15) is 0 Å². The van der Waals surface area contributed by atoms with E-state index in [1.165, 1.54) is 12.0 Å². The minimum atomic E-state index is 0.183. The molecule has 1 saturated carbocycles. The highest BCUT2D eigenvalue weighted by molar-refractivity contribution is 9.09. The molecular formula is C13H16BrNO. The summed E-state index contributed by atoms with van der Waals surface area (Å²) in [7, 11) is 3.82. The quantitative estimate of drug-likeness (QED) is 0.625. The minimum Gasteiger partial charge on any atom is -0.302 e. The van der Waals surface area contributed by atoms with E-state index in [-0.39, 0.29) is 5.78 Å². The van der Waals surface area contributed by atoms with Crippen molar-refractivity contribution in [2.75, 3.05) is 20.6 Å². The van der Waals surface area contributed by atoms with Gasteiger partial charge in [-0.3, -0.25) is 4.79 Å². The van der Waals surface area contributed by atoms with Gasteiger partial charge in [-0.2, -0.15) is 0 Å². The van der Waals surface area contributed by atoms with Gasteiger partial charge in [0.25, 0.3) is 0 Å². The Labute approximate surface area is 105 Å². The maximum Gasteiger partial charge on any atom is 0.176 e. The van der Waals surface area contributed by atoms with E-state index in [4.69, 9.17) is 0 Å². The minimum absolute atomic E-state index is 0.183. The van der Waals surface area contributed by atoms with Crippen LogP contribution >= 0.6 is 15.9 Å². The van der Waals surface area contributed by atoms with Crippen LogP contribution in [0.5, 0.6) is 0 Å². The number of ketones is 1. The molecule has 3 heteroatoms. The summed E-state index contributed by atoms with van der Waals surface area (Å²) in [6.45, 7) is 0.476. The smallest absolute Gasteiger partial charge is 0.176 e. The molecule has 1 aliphatic carbocycles. The van der Waals surface area contributed by atoms with Crippen molar-refractivity contribution in [2.24, 2.45) is 0 Å². The van der Waals surface area contributed by atoms with E-state index in [9.17, 15) is 4.79 Å². The molecule has 0 amide bonds. The predicted molar refractivity (Wildman–Crippen MR) is 69.4 cm³/mol. The van der Waals surface area contributed by atoms with Crippen LogP contribution in [0.4, 0.5) is 0 Å². The first kappa shape index (κ1) is 11.8. The Balaban J connectivity index is 2.04. The van der Waals surface area contributed by atoms with Crippen LogP contribution in [0.3, 0.4) is 0 Å². The molecule has 16 heavy (non-hydrogen) atoms. The van der Waals surface area contributed by atoms with Gasteiger partial charge in [-0.25, -0.2) is 0 Å². The molecule has 0 unspecified atom stereocenters. The number of halogens is 1. The van der Waals surface area contributed by atoms with Gasteiger partial charge in [0.2, 0.25) is 0 Å². The van der Waals surface area contributed by atoms with Crippen molar-refractivity contribution >= 4 is 21.7 Å². The van der Waals surface area contributed by atoms with Crippen molar-refractivity contribution in [1.82, 2.24) is 4.90 Å². The van der Waals surface area contributed by atoms with Crippen LogP contribution in [0.25, 0.3) is 0 Å². The van der Waals surface area contributed by atoms with E-state index in [2.05, 4.69) is 28.1 Å². The highest BCUT2D eigenvalue weighted by Crippen LogP contribution is 2.46. The summed E-state index contributed by atoms with van der Waals surface area (Å²) in [5.74, 6) is 0.834. The first-order chi connectivity index (χ1) is 7.58. The molecule has 86 valence electrons. The molecule has 1 aromatic carbocycles. The van der Waals surface area contributed by atoms with Gasteiger partial charge in [0, 0.05) is 10.4 Å². The topological polar surface area (TPSA) is 20.3 Å². The van der Waals surface area contributed by atoms with Gasteiger partial charge in [-0.05, 0) is 32.0 Å². The number of nitrogens with zero attached hydrogens (tertiary/aromatic N) is 1. The fourth-order valence-electron chi connectivity index (χ4n) is 1.80. The van der Waals surface area contributed by atoms with Crippen molar-refractivity contribution < 1.29 is 4.79 Å². The lowest BCUT2D eigenvalue weighted by Crippen LogP contribution is -2.21. The van der Waals surface area contributed by atoms with E-state index >= 15 is 0 Å². The van der Waals surface area contributed by atoms with Crippen LogP contribution in [0, 0.1) is 0 Å². The number of likely N-dealkylation sites (N-methyl/N-ethyl adjacent to an activating group) is 1. The van der Waals surface area contributed by atoms with Crippen LogP contribution in [0.2, 0.25) is 0 Å². The number of alkyl halides is 1. The standard InChI is InChI=1S/C13H16BrNO/c1-15(2)8-13(16)10-5-3-9(4-6-10)11-7-12(11)14/h3-6,11-12H,7-8H2,1-2H3/t11-,12-/m0/s1. The SMILES string of the molecule is CN(C)CC(=O)c1ccc([C@@H]2C[C@@H]2Br)cc1. The second-order valence-corrected chi connectivity index (χ2v) is 5.82. The zero-order valence-corrected chi connectivity index (χ0v) is 11.2. The highest BCUT2D eigenvalue weighted by Gasteiger charge is 2.35.